The van der Waals surface area contributed by atoms with Crippen molar-refractivity contribution >= 4 is 29.2 Å². The lowest BCUT2D eigenvalue weighted by Gasteiger charge is -2.19. The molecule has 6 nitrogen and oxygen atoms in total. The van der Waals surface area contributed by atoms with Crippen LogP contribution in [0.1, 0.15) is 34.8 Å². The molecule has 0 aliphatic carbocycles. The number of halogens is 1. The largest absolute Gasteiger partial charge is 0.353 e. The standard InChI is InChI=1S/C19H19ClN4O2/c20-15-6-3-8-21-18(15)24-9-7-12(11-24)22-17(25)10-16-13-4-1-2-5-14(13)19(26)23-16/h1-6,8,12,16H,7,9-11H2,(H,22,25)(H,23,26). The van der Waals surface area contributed by atoms with Crippen molar-refractivity contribution in [3.05, 3.63) is 58.7 Å². The van der Waals surface area contributed by atoms with Crippen LogP contribution in [0.2, 0.25) is 5.02 Å². The number of pyridine rings is 1. The van der Waals surface area contributed by atoms with Gasteiger partial charge in [-0.3, -0.25) is 9.59 Å². The van der Waals surface area contributed by atoms with Crippen LogP contribution in [0.4, 0.5) is 5.82 Å². The number of benzene rings is 1. The fraction of sp³-hybridized carbons (Fsp3) is 0.316. The number of nitrogens with one attached hydrogen (secondary N) is 2. The van der Waals surface area contributed by atoms with Crippen LogP contribution in [-0.4, -0.2) is 35.9 Å². The second kappa shape index (κ2) is 6.96. The molecule has 0 saturated carbocycles. The number of aromatic nitrogens is 1. The molecular weight excluding hydrogens is 352 g/mol. The predicted molar refractivity (Wildman–Crippen MR) is 99.3 cm³/mol. The smallest absolute Gasteiger partial charge is 0.252 e. The molecule has 2 aliphatic rings. The Bertz CT molecular complexity index is 857. The molecule has 134 valence electrons. The molecule has 4 rings (SSSR count). The molecule has 0 spiro atoms. The summed E-state index contributed by atoms with van der Waals surface area (Å²) in [6.07, 6.45) is 2.79. The topological polar surface area (TPSA) is 74.3 Å². The van der Waals surface area contributed by atoms with Gasteiger partial charge < -0.3 is 15.5 Å². The number of carbonyl (C=O) groups is 2. The molecule has 2 amide bonds. The molecule has 0 bridgehead atoms. The SMILES string of the molecule is O=C(CC1NC(=O)c2ccccc21)NC1CCN(c2ncccc2Cl)C1. The Morgan fingerprint density at radius 1 is 1.31 bits per heavy atom. The van der Waals surface area contributed by atoms with Gasteiger partial charge in [-0.05, 0) is 30.2 Å². The fourth-order valence-corrected chi connectivity index (χ4v) is 3.88. The molecule has 2 aliphatic heterocycles. The molecule has 2 N–H and O–H groups in total. The molecule has 0 radical (unpaired) electrons. The molecule has 7 heteroatoms. The maximum atomic E-state index is 12.5. The van der Waals surface area contributed by atoms with E-state index in [1.807, 2.05) is 24.3 Å². The molecule has 1 aromatic heterocycles. The van der Waals surface area contributed by atoms with Crippen molar-refractivity contribution in [2.24, 2.45) is 0 Å². The van der Waals surface area contributed by atoms with Gasteiger partial charge in [0.15, 0.2) is 0 Å². The van der Waals surface area contributed by atoms with Crippen molar-refractivity contribution in [3.63, 3.8) is 0 Å². The first-order valence-electron chi connectivity index (χ1n) is 8.66. The lowest BCUT2D eigenvalue weighted by molar-refractivity contribution is -0.122. The van der Waals surface area contributed by atoms with E-state index in [-0.39, 0.29) is 30.3 Å². The normalized spacial score (nSPS) is 21.4. The van der Waals surface area contributed by atoms with E-state index < -0.39 is 0 Å². The number of fused-ring (bicyclic) bond motifs is 1. The zero-order chi connectivity index (χ0) is 18.1. The monoisotopic (exact) mass is 370 g/mol. The Hall–Kier alpha value is -2.60. The van der Waals surface area contributed by atoms with Crippen molar-refractivity contribution in [2.45, 2.75) is 24.9 Å². The summed E-state index contributed by atoms with van der Waals surface area (Å²) in [7, 11) is 0. The number of amides is 2. The van der Waals surface area contributed by atoms with Gasteiger partial charge in [0.05, 0.1) is 17.5 Å². The second-order valence-electron chi connectivity index (χ2n) is 6.63. The minimum absolute atomic E-state index is 0.0490. The van der Waals surface area contributed by atoms with Gasteiger partial charge in [0, 0.05) is 30.9 Å². The number of hydrogen-bond donors (Lipinski definition) is 2. The van der Waals surface area contributed by atoms with Gasteiger partial charge in [-0.15, -0.1) is 0 Å². The van der Waals surface area contributed by atoms with Gasteiger partial charge in [-0.2, -0.15) is 0 Å². The first kappa shape index (κ1) is 16.8. The van der Waals surface area contributed by atoms with Crippen LogP contribution in [0, 0.1) is 0 Å². The molecule has 1 aromatic carbocycles. The van der Waals surface area contributed by atoms with Gasteiger partial charge in [-0.25, -0.2) is 4.98 Å². The highest BCUT2D eigenvalue weighted by Crippen LogP contribution is 2.28. The fourth-order valence-electron chi connectivity index (χ4n) is 3.63. The van der Waals surface area contributed by atoms with Crippen molar-refractivity contribution in [1.82, 2.24) is 15.6 Å². The van der Waals surface area contributed by atoms with Crippen LogP contribution in [-0.2, 0) is 4.79 Å². The van der Waals surface area contributed by atoms with Crippen LogP contribution in [0.5, 0.6) is 0 Å². The molecule has 2 atom stereocenters. The summed E-state index contributed by atoms with van der Waals surface area (Å²) in [6, 6.07) is 10.8. The van der Waals surface area contributed by atoms with Crippen molar-refractivity contribution in [3.8, 4) is 0 Å². The first-order valence-corrected chi connectivity index (χ1v) is 9.04. The van der Waals surface area contributed by atoms with E-state index in [1.165, 1.54) is 0 Å². The van der Waals surface area contributed by atoms with Crippen molar-refractivity contribution in [2.75, 3.05) is 18.0 Å². The first-order chi connectivity index (χ1) is 12.6. The quantitative estimate of drug-likeness (QED) is 0.866. The summed E-state index contributed by atoms with van der Waals surface area (Å²) < 4.78 is 0. The van der Waals surface area contributed by atoms with E-state index in [2.05, 4.69) is 20.5 Å². The minimum Gasteiger partial charge on any atom is -0.353 e. The number of carbonyl (C=O) groups excluding carboxylic acids is 2. The van der Waals surface area contributed by atoms with Gasteiger partial charge in [-0.1, -0.05) is 29.8 Å². The van der Waals surface area contributed by atoms with Crippen LogP contribution in [0.15, 0.2) is 42.6 Å². The minimum atomic E-state index is -0.263. The Morgan fingerprint density at radius 3 is 3.00 bits per heavy atom. The third-order valence-electron chi connectivity index (χ3n) is 4.87. The average molecular weight is 371 g/mol. The number of hydrogen-bond acceptors (Lipinski definition) is 4. The van der Waals surface area contributed by atoms with E-state index >= 15 is 0 Å². The molecule has 2 unspecified atom stereocenters. The van der Waals surface area contributed by atoms with Gasteiger partial charge in [0.1, 0.15) is 5.82 Å². The lowest BCUT2D eigenvalue weighted by atomic mass is 10.0. The molecular formula is C19H19ClN4O2. The lowest BCUT2D eigenvalue weighted by Crippen LogP contribution is -2.38. The highest BCUT2D eigenvalue weighted by atomic mass is 35.5. The van der Waals surface area contributed by atoms with Crippen molar-refractivity contribution in [1.29, 1.82) is 0 Å². The van der Waals surface area contributed by atoms with E-state index in [9.17, 15) is 9.59 Å². The number of nitrogens with zero attached hydrogens (tertiary/aromatic N) is 2. The Morgan fingerprint density at radius 2 is 2.15 bits per heavy atom. The third-order valence-corrected chi connectivity index (χ3v) is 5.16. The molecule has 1 saturated heterocycles. The van der Waals surface area contributed by atoms with Crippen LogP contribution >= 0.6 is 11.6 Å². The molecule has 3 heterocycles. The Labute approximate surface area is 156 Å². The predicted octanol–water partition coefficient (Wildman–Crippen LogP) is 2.30. The van der Waals surface area contributed by atoms with Gasteiger partial charge >= 0.3 is 0 Å². The van der Waals surface area contributed by atoms with E-state index in [0.29, 0.717) is 17.1 Å². The molecule has 26 heavy (non-hydrogen) atoms. The average Bonchev–Trinajstić information content (AvgIpc) is 3.21. The summed E-state index contributed by atoms with van der Waals surface area (Å²) in [6.45, 7) is 1.47. The third kappa shape index (κ3) is 3.24. The molecule has 2 aromatic rings. The zero-order valence-electron chi connectivity index (χ0n) is 14.1. The molecule has 1 fully saturated rings. The summed E-state index contributed by atoms with van der Waals surface area (Å²) in [4.78, 5) is 30.8. The number of rotatable bonds is 4. The van der Waals surface area contributed by atoms with Gasteiger partial charge in [0.25, 0.3) is 5.91 Å². The van der Waals surface area contributed by atoms with Crippen LogP contribution in [0.3, 0.4) is 0 Å². The highest BCUT2D eigenvalue weighted by molar-refractivity contribution is 6.32. The zero-order valence-corrected chi connectivity index (χ0v) is 14.9. The second-order valence-corrected chi connectivity index (χ2v) is 7.03. The van der Waals surface area contributed by atoms with Crippen molar-refractivity contribution < 1.29 is 9.59 Å². The highest BCUT2D eigenvalue weighted by Gasteiger charge is 2.31. The van der Waals surface area contributed by atoms with E-state index in [4.69, 9.17) is 11.6 Å². The number of anilines is 1. The van der Waals surface area contributed by atoms with E-state index in [0.717, 1.165) is 24.3 Å². The van der Waals surface area contributed by atoms with Crippen LogP contribution in [0.25, 0.3) is 0 Å². The summed E-state index contributed by atoms with van der Waals surface area (Å²) in [5.74, 6) is 0.573. The summed E-state index contributed by atoms with van der Waals surface area (Å²) in [5.41, 5.74) is 1.54. The van der Waals surface area contributed by atoms with E-state index in [1.54, 1.807) is 18.3 Å². The summed E-state index contributed by atoms with van der Waals surface area (Å²) in [5, 5.41) is 6.56. The van der Waals surface area contributed by atoms with Crippen LogP contribution < -0.4 is 15.5 Å². The van der Waals surface area contributed by atoms with Gasteiger partial charge in [0.2, 0.25) is 5.91 Å². The summed E-state index contributed by atoms with van der Waals surface area (Å²) >= 11 is 6.20. The maximum Gasteiger partial charge on any atom is 0.252 e. The Balaban J connectivity index is 1.35. The Kier molecular flexibility index (Phi) is 4.51. The maximum absolute atomic E-state index is 12.5.